The summed E-state index contributed by atoms with van der Waals surface area (Å²) < 4.78 is 1.86. The molecule has 0 unspecified atom stereocenters. The van der Waals surface area contributed by atoms with E-state index in [-0.39, 0.29) is 0 Å². The number of fused-ring (bicyclic) bond motifs is 2. The van der Waals surface area contributed by atoms with Gasteiger partial charge < -0.3 is 0 Å². The molecule has 2 fully saturated rings. The number of halogens is 1. The molecule has 0 N–H and O–H groups in total. The van der Waals surface area contributed by atoms with Crippen LogP contribution in [0.5, 0.6) is 0 Å². The lowest BCUT2D eigenvalue weighted by molar-refractivity contribution is 0.164. The van der Waals surface area contributed by atoms with Crippen LogP contribution in [0.4, 0.5) is 0 Å². The molecular weight excluding hydrogens is 124 g/mol. The molecule has 2 aliphatic rings. The molecule has 2 saturated heterocycles. The summed E-state index contributed by atoms with van der Waals surface area (Å²) in [5.74, 6) is 0. The van der Waals surface area contributed by atoms with E-state index in [1.54, 1.807) is 0 Å². The van der Waals surface area contributed by atoms with Gasteiger partial charge in [0, 0.05) is 19.1 Å². The highest BCUT2D eigenvalue weighted by Gasteiger charge is 2.36. The second kappa shape index (κ2) is 1.59. The average Bonchev–Trinajstić information content (AvgIpc) is 2.29. The SMILES string of the molecule is ClN1C2CCN1CC2. The van der Waals surface area contributed by atoms with Crippen LogP contribution < -0.4 is 0 Å². The van der Waals surface area contributed by atoms with Gasteiger partial charge in [-0.2, -0.15) is 4.53 Å². The molecule has 2 heterocycles. The van der Waals surface area contributed by atoms with Crippen LogP contribution in [-0.2, 0) is 0 Å². The minimum Gasteiger partial charge on any atom is -0.227 e. The maximum Gasteiger partial charge on any atom is 0.0436 e. The monoisotopic (exact) mass is 132 g/mol. The van der Waals surface area contributed by atoms with Gasteiger partial charge in [0.2, 0.25) is 0 Å². The maximum absolute atomic E-state index is 5.83. The Labute approximate surface area is 54.1 Å². The topological polar surface area (TPSA) is 6.48 Å². The van der Waals surface area contributed by atoms with Crippen LogP contribution in [-0.4, -0.2) is 28.7 Å². The zero-order chi connectivity index (χ0) is 5.56. The van der Waals surface area contributed by atoms with Gasteiger partial charge in [-0.1, -0.05) is 0 Å². The number of piperidine rings is 1. The van der Waals surface area contributed by atoms with E-state index in [9.17, 15) is 0 Å². The minimum absolute atomic E-state index is 0.664. The van der Waals surface area contributed by atoms with E-state index in [2.05, 4.69) is 5.01 Å². The minimum atomic E-state index is 0.664. The van der Waals surface area contributed by atoms with E-state index < -0.39 is 0 Å². The first-order valence-electron chi connectivity index (χ1n) is 3.08. The molecule has 0 saturated carbocycles. The quantitative estimate of drug-likeness (QED) is 0.451. The third kappa shape index (κ3) is 0.508. The lowest BCUT2D eigenvalue weighted by Crippen LogP contribution is -2.23. The Morgan fingerprint density at radius 3 is 2.00 bits per heavy atom. The zero-order valence-corrected chi connectivity index (χ0v) is 5.43. The lowest BCUT2D eigenvalue weighted by atomic mass is 10.1. The molecule has 2 bridgehead atoms. The first kappa shape index (κ1) is 5.03. The molecule has 0 radical (unpaired) electrons. The second-order valence-electron chi connectivity index (χ2n) is 2.47. The van der Waals surface area contributed by atoms with Crippen molar-refractivity contribution in [1.29, 1.82) is 0 Å². The van der Waals surface area contributed by atoms with Crippen LogP contribution >= 0.6 is 11.8 Å². The third-order valence-electron chi connectivity index (χ3n) is 2.01. The molecule has 2 rings (SSSR count). The van der Waals surface area contributed by atoms with Crippen molar-refractivity contribution in [2.24, 2.45) is 0 Å². The van der Waals surface area contributed by atoms with E-state index in [1.165, 1.54) is 25.9 Å². The predicted molar refractivity (Wildman–Crippen MR) is 32.3 cm³/mol. The van der Waals surface area contributed by atoms with Crippen molar-refractivity contribution in [3.63, 3.8) is 0 Å². The summed E-state index contributed by atoms with van der Waals surface area (Å²) in [4.78, 5) is 0. The van der Waals surface area contributed by atoms with E-state index in [0.717, 1.165) is 0 Å². The van der Waals surface area contributed by atoms with Crippen LogP contribution in [0.25, 0.3) is 0 Å². The Morgan fingerprint density at radius 1 is 1.25 bits per heavy atom. The van der Waals surface area contributed by atoms with Crippen LogP contribution in [0.1, 0.15) is 12.8 Å². The van der Waals surface area contributed by atoms with Gasteiger partial charge >= 0.3 is 0 Å². The summed E-state index contributed by atoms with van der Waals surface area (Å²) >= 11 is 5.83. The highest BCUT2D eigenvalue weighted by molar-refractivity contribution is 6.13. The van der Waals surface area contributed by atoms with Gasteiger partial charge in [-0.3, -0.25) is 0 Å². The Balaban J connectivity index is 2.16. The van der Waals surface area contributed by atoms with Crippen molar-refractivity contribution >= 4 is 11.8 Å². The largest absolute Gasteiger partial charge is 0.227 e. The van der Waals surface area contributed by atoms with Gasteiger partial charge in [0.1, 0.15) is 0 Å². The van der Waals surface area contributed by atoms with Crippen LogP contribution in [0.2, 0.25) is 0 Å². The molecule has 0 aromatic heterocycles. The molecule has 46 valence electrons. The summed E-state index contributed by atoms with van der Waals surface area (Å²) in [7, 11) is 0. The smallest absolute Gasteiger partial charge is 0.0436 e. The molecular formula is C5H9ClN2. The second-order valence-corrected chi connectivity index (χ2v) is 2.82. The molecule has 0 atom stereocenters. The highest BCUT2D eigenvalue weighted by Crippen LogP contribution is 2.29. The van der Waals surface area contributed by atoms with E-state index >= 15 is 0 Å². The molecule has 8 heavy (non-hydrogen) atoms. The molecule has 0 aromatic carbocycles. The Bertz CT molecular complexity index is 86.6. The summed E-state index contributed by atoms with van der Waals surface area (Å²) in [6, 6.07) is 0.664. The summed E-state index contributed by atoms with van der Waals surface area (Å²) in [5, 5.41) is 2.20. The molecule has 0 amide bonds. The Hall–Kier alpha value is 0.210. The lowest BCUT2D eigenvalue weighted by Gasteiger charge is -2.12. The number of hydrogen-bond acceptors (Lipinski definition) is 2. The molecule has 3 heteroatoms. The highest BCUT2D eigenvalue weighted by atomic mass is 35.5. The van der Waals surface area contributed by atoms with Crippen molar-refractivity contribution in [2.75, 3.05) is 13.1 Å². The van der Waals surface area contributed by atoms with Gasteiger partial charge in [0.15, 0.2) is 0 Å². The van der Waals surface area contributed by atoms with Gasteiger partial charge in [0.25, 0.3) is 0 Å². The third-order valence-corrected chi connectivity index (χ3v) is 2.50. The van der Waals surface area contributed by atoms with Gasteiger partial charge in [-0.05, 0) is 24.6 Å². The average molecular weight is 133 g/mol. The van der Waals surface area contributed by atoms with Gasteiger partial charge in [0.05, 0.1) is 0 Å². The first-order valence-corrected chi connectivity index (χ1v) is 3.41. The number of hydrazine groups is 1. The maximum atomic E-state index is 5.83. The zero-order valence-electron chi connectivity index (χ0n) is 4.68. The van der Waals surface area contributed by atoms with Crippen molar-refractivity contribution in [1.82, 2.24) is 9.54 Å². The van der Waals surface area contributed by atoms with Crippen LogP contribution in [0, 0.1) is 0 Å². The summed E-state index contributed by atoms with van der Waals surface area (Å²) in [5.41, 5.74) is 0. The number of hydrogen-bond donors (Lipinski definition) is 0. The van der Waals surface area contributed by atoms with E-state index in [4.69, 9.17) is 11.8 Å². The van der Waals surface area contributed by atoms with Crippen LogP contribution in [0.15, 0.2) is 0 Å². The predicted octanol–water partition coefficient (Wildman–Crippen LogP) is 0.835. The van der Waals surface area contributed by atoms with Gasteiger partial charge in [-0.25, -0.2) is 5.01 Å². The molecule has 2 nitrogen and oxygen atoms in total. The fourth-order valence-corrected chi connectivity index (χ4v) is 1.83. The Morgan fingerprint density at radius 2 is 1.88 bits per heavy atom. The van der Waals surface area contributed by atoms with E-state index in [1.807, 2.05) is 4.53 Å². The first-order chi connectivity index (χ1) is 3.88. The standard InChI is InChI=1S/C5H9ClN2/c6-8-5-1-3-7(8)4-2-5/h5H,1-4H2. The molecule has 0 aromatic rings. The molecule has 0 aliphatic carbocycles. The van der Waals surface area contributed by atoms with Crippen molar-refractivity contribution in [3.05, 3.63) is 0 Å². The van der Waals surface area contributed by atoms with Crippen molar-refractivity contribution in [2.45, 2.75) is 18.9 Å². The number of rotatable bonds is 0. The summed E-state index contributed by atoms with van der Waals surface area (Å²) in [6.45, 7) is 2.35. The number of nitrogens with zero attached hydrogens (tertiary/aromatic N) is 2. The van der Waals surface area contributed by atoms with Crippen molar-refractivity contribution < 1.29 is 0 Å². The van der Waals surface area contributed by atoms with Gasteiger partial charge in [-0.15, -0.1) is 0 Å². The summed E-state index contributed by atoms with van der Waals surface area (Å²) in [6.07, 6.45) is 2.53. The van der Waals surface area contributed by atoms with Crippen molar-refractivity contribution in [3.8, 4) is 0 Å². The van der Waals surface area contributed by atoms with E-state index in [0.29, 0.717) is 6.04 Å². The van der Waals surface area contributed by atoms with Crippen LogP contribution in [0.3, 0.4) is 0 Å². The normalized spacial score (nSPS) is 46.1. The Kier molecular flexibility index (Phi) is 1.00. The fourth-order valence-electron chi connectivity index (χ4n) is 1.49. The molecule has 2 aliphatic heterocycles. The fraction of sp³-hybridized carbons (Fsp3) is 1.00. The molecule has 0 spiro atoms.